The van der Waals surface area contributed by atoms with Crippen LogP contribution in [0.5, 0.6) is 0 Å². The van der Waals surface area contributed by atoms with Crippen LogP contribution < -0.4 is 10.9 Å². The Morgan fingerprint density at radius 3 is 2.45 bits per heavy atom. The van der Waals surface area contributed by atoms with Crippen LogP contribution in [0.2, 0.25) is 0 Å². The summed E-state index contributed by atoms with van der Waals surface area (Å²) >= 11 is 3.20. The molecular weight excluding hydrogens is 355 g/mol. The van der Waals surface area contributed by atoms with Crippen molar-refractivity contribution >= 4 is 38.6 Å². The molecule has 0 aliphatic rings. The first-order chi connectivity index (χ1) is 10.5. The fourth-order valence-corrected chi connectivity index (χ4v) is 2.33. The van der Waals surface area contributed by atoms with Crippen molar-refractivity contribution in [1.29, 1.82) is 0 Å². The molecule has 0 saturated heterocycles. The quantitative estimate of drug-likeness (QED) is 0.526. The van der Waals surface area contributed by atoms with E-state index in [1.54, 1.807) is 24.4 Å². The molecule has 4 N–H and O–H groups in total. The molecule has 0 unspecified atom stereocenters. The second kappa shape index (κ2) is 5.64. The molecule has 3 rings (SSSR count). The highest BCUT2D eigenvalue weighted by molar-refractivity contribution is 9.10. The Bertz CT molecular complexity index is 871. The SMILES string of the molecule is O=C(NNC(=O)c1cc2c(F)cccc2[nH]1)c1cc(Br)c[nH]1. The number of H-pyrrole nitrogens is 2. The van der Waals surface area contributed by atoms with Crippen LogP contribution in [-0.4, -0.2) is 21.8 Å². The van der Waals surface area contributed by atoms with Gasteiger partial charge in [0, 0.05) is 21.6 Å². The summed E-state index contributed by atoms with van der Waals surface area (Å²) < 4.78 is 14.3. The zero-order valence-electron chi connectivity index (χ0n) is 11.0. The number of carbonyl (C=O) groups excluding carboxylic acids is 2. The van der Waals surface area contributed by atoms with Crippen LogP contribution in [0.3, 0.4) is 0 Å². The molecule has 0 aliphatic heterocycles. The Kier molecular flexibility index (Phi) is 3.68. The topological polar surface area (TPSA) is 89.8 Å². The number of fused-ring (bicyclic) bond motifs is 1. The Balaban J connectivity index is 1.71. The van der Waals surface area contributed by atoms with Crippen LogP contribution in [0.15, 0.2) is 41.0 Å². The van der Waals surface area contributed by atoms with Crippen molar-refractivity contribution in [2.75, 3.05) is 0 Å². The van der Waals surface area contributed by atoms with E-state index in [1.807, 2.05) is 0 Å². The summed E-state index contributed by atoms with van der Waals surface area (Å²) in [4.78, 5) is 29.3. The number of hydrazine groups is 1. The molecule has 3 aromatic rings. The maximum atomic E-state index is 13.6. The van der Waals surface area contributed by atoms with E-state index in [-0.39, 0.29) is 11.4 Å². The Hall–Kier alpha value is -2.61. The van der Waals surface area contributed by atoms with Gasteiger partial charge in [0.05, 0.1) is 0 Å². The van der Waals surface area contributed by atoms with Gasteiger partial charge in [0.1, 0.15) is 17.2 Å². The van der Waals surface area contributed by atoms with Crippen molar-refractivity contribution in [3.63, 3.8) is 0 Å². The fraction of sp³-hybridized carbons (Fsp3) is 0. The normalized spacial score (nSPS) is 10.6. The molecule has 0 bridgehead atoms. The third kappa shape index (κ3) is 2.73. The molecule has 8 heteroatoms. The molecule has 0 radical (unpaired) electrons. The van der Waals surface area contributed by atoms with Gasteiger partial charge in [-0.1, -0.05) is 6.07 Å². The van der Waals surface area contributed by atoms with E-state index in [2.05, 4.69) is 36.7 Å². The van der Waals surface area contributed by atoms with Crippen LogP contribution in [0.1, 0.15) is 21.0 Å². The minimum absolute atomic E-state index is 0.146. The molecular formula is C14H10BrFN4O2. The van der Waals surface area contributed by atoms with Crippen molar-refractivity contribution in [1.82, 2.24) is 20.8 Å². The second-order valence-electron chi connectivity index (χ2n) is 4.52. The number of halogens is 2. The maximum Gasteiger partial charge on any atom is 0.286 e. The number of amides is 2. The molecule has 2 amide bonds. The van der Waals surface area contributed by atoms with Gasteiger partial charge in [-0.25, -0.2) is 4.39 Å². The molecule has 1 aromatic carbocycles. The zero-order chi connectivity index (χ0) is 15.7. The average Bonchev–Trinajstić information content (AvgIpc) is 3.11. The maximum absolute atomic E-state index is 13.6. The lowest BCUT2D eigenvalue weighted by Crippen LogP contribution is -2.41. The van der Waals surface area contributed by atoms with Crippen LogP contribution >= 0.6 is 15.9 Å². The minimum atomic E-state index is -0.574. The van der Waals surface area contributed by atoms with Crippen LogP contribution in [-0.2, 0) is 0 Å². The Morgan fingerprint density at radius 2 is 1.82 bits per heavy atom. The molecule has 112 valence electrons. The zero-order valence-corrected chi connectivity index (χ0v) is 12.6. The summed E-state index contributed by atoms with van der Waals surface area (Å²) in [5.41, 5.74) is 5.46. The summed E-state index contributed by atoms with van der Waals surface area (Å²) in [7, 11) is 0. The van der Waals surface area contributed by atoms with E-state index in [0.717, 1.165) is 4.47 Å². The minimum Gasteiger partial charge on any atom is -0.356 e. The lowest BCUT2D eigenvalue weighted by atomic mass is 10.2. The molecule has 0 saturated carbocycles. The molecule has 6 nitrogen and oxygen atoms in total. The van der Waals surface area contributed by atoms with Gasteiger partial charge in [0.2, 0.25) is 0 Å². The molecule has 22 heavy (non-hydrogen) atoms. The first kappa shape index (κ1) is 14.3. The van der Waals surface area contributed by atoms with Gasteiger partial charge < -0.3 is 9.97 Å². The summed E-state index contributed by atoms with van der Waals surface area (Å²) in [5, 5.41) is 0.312. The average molecular weight is 365 g/mol. The van der Waals surface area contributed by atoms with Crippen molar-refractivity contribution in [2.45, 2.75) is 0 Å². The Morgan fingerprint density at radius 1 is 1.09 bits per heavy atom. The van der Waals surface area contributed by atoms with E-state index in [4.69, 9.17) is 0 Å². The third-order valence-electron chi connectivity index (χ3n) is 3.04. The van der Waals surface area contributed by atoms with Crippen LogP contribution in [0.4, 0.5) is 4.39 Å². The second-order valence-corrected chi connectivity index (χ2v) is 5.44. The lowest BCUT2D eigenvalue weighted by molar-refractivity contribution is 0.0842. The number of aromatic nitrogens is 2. The number of benzene rings is 1. The number of aromatic amines is 2. The summed E-state index contributed by atoms with van der Waals surface area (Å²) in [6.07, 6.45) is 1.59. The van der Waals surface area contributed by atoms with Crippen molar-refractivity contribution in [2.24, 2.45) is 0 Å². The highest BCUT2D eigenvalue weighted by Gasteiger charge is 2.13. The molecule has 2 heterocycles. The number of hydrogen-bond donors (Lipinski definition) is 4. The van der Waals surface area contributed by atoms with Gasteiger partial charge in [-0.2, -0.15) is 0 Å². The van der Waals surface area contributed by atoms with Crippen LogP contribution in [0.25, 0.3) is 10.9 Å². The molecule has 0 aliphatic carbocycles. The predicted octanol–water partition coefficient (Wildman–Crippen LogP) is 2.47. The van der Waals surface area contributed by atoms with Gasteiger partial charge in [0.25, 0.3) is 11.8 Å². The van der Waals surface area contributed by atoms with E-state index < -0.39 is 17.6 Å². The van der Waals surface area contributed by atoms with Crippen molar-refractivity contribution in [3.05, 3.63) is 58.2 Å². The van der Waals surface area contributed by atoms with Crippen molar-refractivity contribution < 1.29 is 14.0 Å². The van der Waals surface area contributed by atoms with Gasteiger partial charge in [-0.3, -0.25) is 20.4 Å². The smallest absolute Gasteiger partial charge is 0.286 e. The standard InChI is InChI=1S/C14H10BrFN4O2/c15-7-4-11(17-6-7)13(21)19-20-14(22)12-5-8-9(16)2-1-3-10(8)18-12/h1-6,17-18H,(H,19,21)(H,20,22). The molecule has 0 fully saturated rings. The van der Waals surface area contributed by atoms with Gasteiger partial charge in [0.15, 0.2) is 0 Å². The van der Waals surface area contributed by atoms with Gasteiger partial charge in [-0.15, -0.1) is 0 Å². The molecule has 0 spiro atoms. The lowest BCUT2D eigenvalue weighted by Gasteiger charge is -2.04. The number of hydrogen-bond acceptors (Lipinski definition) is 2. The molecule has 2 aromatic heterocycles. The first-order valence-corrected chi connectivity index (χ1v) is 7.06. The number of carbonyl (C=O) groups is 2. The summed E-state index contributed by atoms with van der Waals surface area (Å²) in [6, 6.07) is 7.46. The highest BCUT2D eigenvalue weighted by Crippen LogP contribution is 2.18. The van der Waals surface area contributed by atoms with E-state index in [9.17, 15) is 14.0 Å². The van der Waals surface area contributed by atoms with Gasteiger partial charge in [-0.05, 0) is 40.2 Å². The molecule has 0 atom stereocenters. The van der Waals surface area contributed by atoms with Crippen LogP contribution in [0, 0.1) is 5.82 Å². The van der Waals surface area contributed by atoms with E-state index in [1.165, 1.54) is 12.1 Å². The van der Waals surface area contributed by atoms with E-state index >= 15 is 0 Å². The fourth-order valence-electron chi connectivity index (χ4n) is 1.99. The van der Waals surface area contributed by atoms with Crippen molar-refractivity contribution in [3.8, 4) is 0 Å². The number of nitrogens with one attached hydrogen (secondary N) is 4. The van der Waals surface area contributed by atoms with Gasteiger partial charge >= 0.3 is 0 Å². The summed E-state index contributed by atoms with van der Waals surface area (Å²) in [5.74, 6) is -1.50. The monoisotopic (exact) mass is 364 g/mol. The highest BCUT2D eigenvalue weighted by atomic mass is 79.9. The Labute approximate surface area is 132 Å². The third-order valence-corrected chi connectivity index (χ3v) is 3.50. The largest absolute Gasteiger partial charge is 0.356 e. The summed E-state index contributed by atoms with van der Waals surface area (Å²) in [6.45, 7) is 0. The first-order valence-electron chi connectivity index (χ1n) is 6.26. The number of rotatable bonds is 2. The predicted molar refractivity (Wildman–Crippen MR) is 81.7 cm³/mol. The van der Waals surface area contributed by atoms with E-state index in [0.29, 0.717) is 10.9 Å².